The van der Waals surface area contributed by atoms with Gasteiger partial charge in [0.25, 0.3) is 0 Å². The SMILES string of the molecule is CC1CCC(CO)CN1Cc1nc(N)c2c3c(sc2n1)CCCC3. The molecular weight excluding hydrogens is 320 g/mol. The largest absolute Gasteiger partial charge is 0.396 e. The highest BCUT2D eigenvalue weighted by Crippen LogP contribution is 2.37. The van der Waals surface area contributed by atoms with Gasteiger partial charge in [-0.3, -0.25) is 4.90 Å². The fraction of sp³-hybridized carbons (Fsp3) is 0.667. The molecule has 130 valence electrons. The number of nitrogens with two attached hydrogens (primary N) is 1. The van der Waals surface area contributed by atoms with Crippen molar-refractivity contribution in [2.45, 2.75) is 58.0 Å². The van der Waals surface area contributed by atoms with Crippen molar-refractivity contribution in [2.75, 3.05) is 18.9 Å². The first-order chi connectivity index (χ1) is 11.7. The smallest absolute Gasteiger partial charge is 0.146 e. The summed E-state index contributed by atoms with van der Waals surface area (Å²) in [4.78, 5) is 14.4. The summed E-state index contributed by atoms with van der Waals surface area (Å²) >= 11 is 1.81. The lowest BCUT2D eigenvalue weighted by Gasteiger charge is -2.36. The van der Waals surface area contributed by atoms with Crippen molar-refractivity contribution in [2.24, 2.45) is 5.92 Å². The lowest BCUT2D eigenvalue weighted by molar-refractivity contribution is 0.0753. The Bertz CT molecular complexity index is 744. The molecule has 0 aromatic carbocycles. The minimum Gasteiger partial charge on any atom is -0.396 e. The molecule has 0 amide bonds. The lowest BCUT2D eigenvalue weighted by atomic mass is 9.94. The van der Waals surface area contributed by atoms with Crippen LogP contribution in [-0.4, -0.2) is 39.2 Å². The molecule has 2 aromatic rings. The predicted molar refractivity (Wildman–Crippen MR) is 98.2 cm³/mol. The Morgan fingerprint density at radius 2 is 2.08 bits per heavy atom. The molecule has 2 aliphatic rings. The summed E-state index contributed by atoms with van der Waals surface area (Å²) in [6, 6.07) is 0.505. The van der Waals surface area contributed by atoms with Gasteiger partial charge in [0.05, 0.1) is 11.9 Å². The first-order valence-electron chi connectivity index (χ1n) is 9.07. The van der Waals surface area contributed by atoms with Gasteiger partial charge in [-0.1, -0.05) is 0 Å². The summed E-state index contributed by atoms with van der Waals surface area (Å²) in [6.45, 7) is 4.16. The molecule has 1 fully saturated rings. The van der Waals surface area contributed by atoms with Crippen LogP contribution in [0.25, 0.3) is 10.2 Å². The van der Waals surface area contributed by atoms with E-state index >= 15 is 0 Å². The maximum Gasteiger partial charge on any atom is 0.146 e. The Morgan fingerprint density at radius 1 is 1.25 bits per heavy atom. The zero-order chi connectivity index (χ0) is 16.7. The van der Waals surface area contributed by atoms with Crippen molar-refractivity contribution < 1.29 is 5.11 Å². The molecule has 1 aliphatic carbocycles. The van der Waals surface area contributed by atoms with Gasteiger partial charge in [-0.2, -0.15) is 0 Å². The van der Waals surface area contributed by atoms with Crippen LogP contribution in [0, 0.1) is 5.92 Å². The van der Waals surface area contributed by atoms with Gasteiger partial charge in [0.1, 0.15) is 16.5 Å². The minimum absolute atomic E-state index is 0.267. The number of aliphatic hydroxyl groups is 1. The van der Waals surface area contributed by atoms with Gasteiger partial charge in [0, 0.05) is 24.1 Å². The van der Waals surface area contributed by atoms with E-state index in [9.17, 15) is 5.11 Å². The number of anilines is 1. The Labute approximate surface area is 146 Å². The lowest BCUT2D eigenvalue weighted by Crippen LogP contribution is -2.42. The molecule has 2 aromatic heterocycles. The van der Waals surface area contributed by atoms with Gasteiger partial charge >= 0.3 is 0 Å². The number of fused-ring (bicyclic) bond motifs is 3. The van der Waals surface area contributed by atoms with Crippen LogP contribution < -0.4 is 5.73 Å². The van der Waals surface area contributed by atoms with E-state index in [1.54, 1.807) is 11.3 Å². The van der Waals surface area contributed by atoms with Crippen molar-refractivity contribution in [1.29, 1.82) is 0 Å². The second kappa shape index (κ2) is 6.58. The maximum atomic E-state index is 9.46. The molecule has 1 aliphatic heterocycles. The highest BCUT2D eigenvalue weighted by Gasteiger charge is 2.26. The zero-order valence-electron chi connectivity index (χ0n) is 14.3. The molecular formula is C18H26N4OS. The summed E-state index contributed by atoms with van der Waals surface area (Å²) in [6.07, 6.45) is 7.02. The highest BCUT2D eigenvalue weighted by molar-refractivity contribution is 7.19. The molecule has 6 heteroatoms. The number of aryl methyl sites for hydroxylation is 2. The van der Waals surface area contributed by atoms with Crippen molar-refractivity contribution >= 4 is 27.4 Å². The van der Waals surface area contributed by atoms with Crippen LogP contribution >= 0.6 is 11.3 Å². The molecule has 2 atom stereocenters. The Balaban J connectivity index is 1.63. The molecule has 3 N–H and O–H groups in total. The summed E-state index contributed by atoms with van der Waals surface area (Å²) in [5, 5.41) is 10.6. The molecule has 0 radical (unpaired) electrons. The maximum absolute atomic E-state index is 9.46. The fourth-order valence-corrected chi connectivity index (χ4v) is 5.40. The number of hydrogen-bond donors (Lipinski definition) is 2. The van der Waals surface area contributed by atoms with Crippen LogP contribution in [0.3, 0.4) is 0 Å². The monoisotopic (exact) mass is 346 g/mol. The second-order valence-corrected chi connectivity index (χ2v) is 8.40. The third-order valence-electron chi connectivity index (χ3n) is 5.60. The van der Waals surface area contributed by atoms with Crippen LogP contribution in [0.1, 0.15) is 48.9 Å². The Morgan fingerprint density at radius 3 is 2.92 bits per heavy atom. The van der Waals surface area contributed by atoms with Gasteiger partial charge in [-0.25, -0.2) is 9.97 Å². The van der Waals surface area contributed by atoms with Crippen LogP contribution in [0.5, 0.6) is 0 Å². The molecule has 0 saturated carbocycles. The Hall–Kier alpha value is -1.24. The Kier molecular flexibility index (Phi) is 4.45. The van der Waals surface area contributed by atoms with Crippen LogP contribution in [0.15, 0.2) is 0 Å². The standard InChI is InChI=1S/C18H26N4OS/c1-11-6-7-12(10-23)8-22(11)9-15-20-17(19)16-13-4-2-3-5-14(13)24-18(16)21-15/h11-12,23H,2-10H2,1H3,(H2,19,20,21). The molecule has 24 heavy (non-hydrogen) atoms. The van der Waals surface area contributed by atoms with Crippen LogP contribution in [0.4, 0.5) is 5.82 Å². The van der Waals surface area contributed by atoms with Crippen molar-refractivity contribution in [3.05, 3.63) is 16.3 Å². The highest BCUT2D eigenvalue weighted by atomic mass is 32.1. The molecule has 2 unspecified atom stereocenters. The molecule has 5 nitrogen and oxygen atoms in total. The van der Waals surface area contributed by atoms with E-state index in [1.807, 2.05) is 0 Å². The van der Waals surface area contributed by atoms with Crippen LogP contribution in [-0.2, 0) is 19.4 Å². The van der Waals surface area contributed by atoms with Crippen molar-refractivity contribution in [1.82, 2.24) is 14.9 Å². The summed E-state index contributed by atoms with van der Waals surface area (Å²) < 4.78 is 0. The average molecular weight is 347 g/mol. The number of thiophene rings is 1. The number of nitrogens with zero attached hydrogens (tertiary/aromatic N) is 3. The van der Waals surface area contributed by atoms with E-state index in [0.29, 0.717) is 17.8 Å². The first kappa shape index (κ1) is 16.2. The number of aromatic nitrogens is 2. The quantitative estimate of drug-likeness (QED) is 0.894. The number of hydrogen-bond acceptors (Lipinski definition) is 6. The van der Waals surface area contributed by atoms with E-state index in [1.165, 1.54) is 23.3 Å². The topological polar surface area (TPSA) is 75.3 Å². The summed E-state index contributed by atoms with van der Waals surface area (Å²) in [5.74, 6) is 1.85. The fourth-order valence-electron chi connectivity index (χ4n) is 4.12. The van der Waals surface area contributed by atoms with Crippen molar-refractivity contribution in [3.63, 3.8) is 0 Å². The van der Waals surface area contributed by atoms with Gasteiger partial charge in [-0.15, -0.1) is 11.3 Å². The zero-order valence-corrected chi connectivity index (χ0v) is 15.1. The van der Waals surface area contributed by atoms with E-state index in [2.05, 4.69) is 16.8 Å². The van der Waals surface area contributed by atoms with Crippen LogP contribution in [0.2, 0.25) is 0 Å². The number of aliphatic hydroxyl groups excluding tert-OH is 1. The molecule has 0 bridgehead atoms. The number of likely N-dealkylation sites (tertiary alicyclic amines) is 1. The minimum atomic E-state index is 0.267. The molecule has 0 spiro atoms. The first-order valence-corrected chi connectivity index (χ1v) is 9.89. The van der Waals surface area contributed by atoms with E-state index < -0.39 is 0 Å². The molecule has 3 heterocycles. The average Bonchev–Trinajstić information content (AvgIpc) is 2.95. The van der Waals surface area contributed by atoms with Gasteiger partial charge in [0.2, 0.25) is 0 Å². The van der Waals surface area contributed by atoms with E-state index in [4.69, 9.17) is 10.7 Å². The third kappa shape index (κ3) is 2.91. The van der Waals surface area contributed by atoms with Gasteiger partial charge in [0.15, 0.2) is 0 Å². The normalized spacial score (nSPS) is 25.1. The van der Waals surface area contributed by atoms with Crippen molar-refractivity contribution in [3.8, 4) is 0 Å². The molecule has 4 rings (SSSR count). The molecule has 1 saturated heterocycles. The predicted octanol–water partition coefficient (Wildman–Crippen LogP) is 2.75. The third-order valence-corrected chi connectivity index (χ3v) is 6.79. The van der Waals surface area contributed by atoms with E-state index in [0.717, 1.165) is 54.8 Å². The number of rotatable bonds is 3. The summed E-state index contributed by atoms with van der Waals surface area (Å²) in [5.41, 5.74) is 7.72. The second-order valence-electron chi connectivity index (χ2n) is 7.32. The number of piperidine rings is 1. The van der Waals surface area contributed by atoms with Gasteiger partial charge in [-0.05, 0) is 56.9 Å². The summed E-state index contributed by atoms with van der Waals surface area (Å²) in [7, 11) is 0. The van der Waals surface area contributed by atoms with Gasteiger partial charge < -0.3 is 10.8 Å². The van der Waals surface area contributed by atoms with E-state index in [-0.39, 0.29) is 6.61 Å². The number of nitrogen functional groups attached to an aromatic ring is 1.